The molecule has 0 bridgehead atoms. The lowest BCUT2D eigenvalue weighted by Gasteiger charge is -2.07. The number of thioether (sulfide) groups is 1. The fourth-order valence-corrected chi connectivity index (χ4v) is 2.92. The molecule has 1 aromatic heterocycles. The molecule has 146 valence electrons. The van der Waals surface area contributed by atoms with Crippen LogP contribution in [-0.2, 0) is 23.2 Å². The number of amides is 1. The largest absolute Gasteiger partial charge is 0.457 e. The van der Waals surface area contributed by atoms with Crippen LogP contribution in [0, 0.1) is 11.3 Å². The first-order valence-electron chi connectivity index (χ1n) is 8.46. The number of tetrazole rings is 1. The number of rotatable bonds is 7. The van der Waals surface area contributed by atoms with Crippen molar-refractivity contribution in [3.05, 3.63) is 65.2 Å². The number of benzene rings is 2. The van der Waals surface area contributed by atoms with Crippen LogP contribution in [0.1, 0.15) is 21.5 Å². The summed E-state index contributed by atoms with van der Waals surface area (Å²) in [7, 11) is 1.69. The van der Waals surface area contributed by atoms with E-state index in [0.29, 0.717) is 22.0 Å². The number of carbonyl (C=O) groups is 2. The molecular weight excluding hydrogens is 392 g/mol. The Morgan fingerprint density at radius 1 is 1.17 bits per heavy atom. The highest BCUT2D eigenvalue weighted by Gasteiger charge is 2.10. The van der Waals surface area contributed by atoms with Gasteiger partial charge in [-0.15, -0.1) is 5.10 Å². The van der Waals surface area contributed by atoms with Gasteiger partial charge in [-0.1, -0.05) is 23.9 Å². The predicted molar refractivity (Wildman–Crippen MR) is 105 cm³/mol. The van der Waals surface area contributed by atoms with Crippen molar-refractivity contribution in [1.82, 2.24) is 20.2 Å². The van der Waals surface area contributed by atoms with E-state index in [1.807, 2.05) is 6.07 Å². The molecule has 0 unspecified atom stereocenters. The van der Waals surface area contributed by atoms with Crippen LogP contribution >= 0.6 is 11.8 Å². The first-order valence-corrected chi connectivity index (χ1v) is 9.45. The second-order valence-electron chi connectivity index (χ2n) is 5.88. The predicted octanol–water partition coefficient (Wildman–Crippen LogP) is 2.17. The Morgan fingerprint density at radius 2 is 1.90 bits per heavy atom. The highest BCUT2D eigenvalue weighted by atomic mass is 32.2. The van der Waals surface area contributed by atoms with Crippen molar-refractivity contribution in [3.63, 3.8) is 0 Å². The van der Waals surface area contributed by atoms with Crippen molar-refractivity contribution in [3.8, 4) is 6.07 Å². The van der Waals surface area contributed by atoms with Gasteiger partial charge in [-0.25, -0.2) is 9.48 Å². The van der Waals surface area contributed by atoms with Gasteiger partial charge in [0.15, 0.2) is 0 Å². The maximum Gasteiger partial charge on any atom is 0.338 e. The zero-order valence-electron chi connectivity index (χ0n) is 15.4. The highest BCUT2D eigenvalue weighted by Crippen LogP contribution is 2.15. The van der Waals surface area contributed by atoms with E-state index in [1.54, 1.807) is 55.6 Å². The number of esters is 1. The van der Waals surface area contributed by atoms with Crippen molar-refractivity contribution in [1.29, 1.82) is 5.26 Å². The van der Waals surface area contributed by atoms with Gasteiger partial charge in [0.25, 0.3) is 0 Å². The van der Waals surface area contributed by atoms with E-state index in [-0.39, 0.29) is 18.3 Å². The number of nitriles is 1. The molecule has 2 aromatic carbocycles. The topological polar surface area (TPSA) is 123 Å². The van der Waals surface area contributed by atoms with Crippen LogP contribution in [-0.4, -0.2) is 37.8 Å². The molecule has 0 saturated carbocycles. The molecule has 0 aliphatic carbocycles. The van der Waals surface area contributed by atoms with Gasteiger partial charge in [-0.2, -0.15) is 5.26 Å². The molecular formula is C19H16N6O3S. The molecule has 0 spiro atoms. The SMILES string of the molecule is Cn1nnnc1SCC(=O)Nc1ccc(C(=O)OCc2ccc(C#N)cc2)cc1. The van der Waals surface area contributed by atoms with E-state index in [4.69, 9.17) is 10.00 Å². The molecule has 1 amide bonds. The molecule has 3 rings (SSSR count). The third kappa shape index (κ3) is 5.63. The van der Waals surface area contributed by atoms with Crippen molar-refractivity contribution < 1.29 is 14.3 Å². The number of nitrogens with zero attached hydrogens (tertiary/aromatic N) is 5. The van der Waals surface area contributed by atoms with E-state index in [0.717, 1.165) is 5.56 Å². The standard InChI is InChI=1S/C19H16N6O3S/c1-25-19(22-23-24-25)29-12-17(26)21-16-8-6-15(7-9-16)18(27)28-11-14-4-2-13(10-20)3-5-14/h2-9H,11-12H2,1H3,(H,21,26). The zero-order valence-corrected chi connectivity index (χ0v) is 16.2. The van der Waals surface area contributed by atoms with Gasteiger partial charge >= 0.3 is 5.97 Å². The molecule has 0 fully saturated rings. The summed E-state index contributed by atoms with van der Waals surface area (Å²) < 4.78 is 6.75. The molecule has 0 radical (unpaired) electrons. The van der Waals surface area contributed by atoms with Crippen molar-refractivity contribution in [2.24, 2.45) is 7.05 Å². The molecule has 29 heavy (non-hydrogen) atoms. The van der Waals surface area contributed by atoms with Crippen LogP contribution in [0.2, 0.25) is 0 Å². The highest BCUT2D eigenvalue weighted by molar-refractivity contribution is 7.99. The van der Waals surface area contributed by atoms with E-state index >= 15 is 0 Å². The molecule has 0 aliphatic heterocycles. The molecule has 1 N–H and O–H groups in total. The number of hydrogen-bond acceptors (Lipinski definition) is 8. The summed E-state index contributed by atoms with van der Waals surface area (Å²) in [5, 5.41) is 23.1. The van der Waals surface area contributed by atoms with Gasteiger partial charge in [0.1, 0.15) is 6.61 Å². The smallest absolute Gasteiger partial charge is 0.338 e. The van der Waals surface area contributed by atoms with Gasteiger partial charge in [-0.3, -0.25) is 4.79 Å². The third-order valence-electron chi connectivity index (χ3n) is 3.77. The van der Waals surface area contributed by atoms with E-state index in [9.17, 15) is 9.59 Å². The maximum atomic E-state index is 12.2. The number of aromatic nitrogens is 4. The lowest BCUT2D eigenvalue weighted by atomic mass is 10.1. The van der Waals surface area contributed by atoms with Gasteiger partial charge in [0.05, 0.1) is 22.9 Å². The second-order valence-corrected chi connectivity index (χ2v) is 6.83. The maximum absolute atomic E-state index is 12.2. The quantitative estimate of drug-likeness (QED) is 0.466. The monoisotopic (exact) mass is 408 g/mol. The summed E-state index contributed by atoms with van der Waals surface area (Å²) in [6.45, 7) is 0.108. The molecule has 1 heterocycles. The third-order valence-corrected chi connectivity index (χ3v) is 4.78. The van der Waals surface area contributed by atoms with Crippen LogP contribution < -0.4 is 5.32 Å². The van der Waals surface area contributed by atoms with Gasteiger partial charge in [0, 0.05) is 12.7 Å². The number of anilines is 1. The van der Waals surface area contributed by atoms with Crippen LogP contribution in [0.15, 0.2) is 53.7 Å². The Balaban J connectivity index is 1.48. The van der Waals surface area contributed by atoms with Crippen molar-refractivity contribution in [2.75, 3.05) is 11.1 Å². The first kappa shape index (κ1) is 20.0. The minimum absolute atomic E-state index is 0.108. The summed E-state index contributed by atoms with van der Waals surface area (Å²) in [4.78, 5) is 24.2. The van der Waals surface area contributed by atoms with Crippen LogP contribution in [0.3, 0.4) is 0 Å². The Kier molecular flexibility index (Phi) is 6.55. The number of ether oxygens (including phenoxy) is 1. The van der Waals surface area contributed by atoms with Crippen molar-refractivity contribution in [2.45, 2.75) is 11.8 Å². The van der Waals surface area contributed by atoms with E-state index in [1.165, 1.54) is 16.4 Å². The van der Waals surface area contributed by atoms with Gasteiger partial charge < -0.3 is 10.1 Å². The van der Waals surface area contributed by atoms with Gasteiger partial charge in [-0.05, 0) is 52.4 Å². The lowest BCUT2D eigenvalue weighted by molar-refractivity contribution is -0.113. The Morgan fingerprint density at radius 3 is 2.52 bits per heavy atom. The Bertz CT molecular complexity index is 1040. The lowest BCUT2D eigenvalue weighted by Crippen LogP contribution is -2.14. The Hall–Kier alpha value is -3.71. The summed E-state index contributed by atoms with van der Waals surface area (Å²) >= 11 is 1.22. The Labute approximate surface area is 170 Å². The summed E-state index contributed by atoms with van der Waals surface area (Å²) in [5.74, 6) is -0.533. The minimum Gasteiger partial charge on any atom is -0.457 e. The molecule has 0 atom stereocenters. The zero-order chi connectivity index (χ0) is 20.6. The molecule has 0 saturated heterocycles. The minimum atomic E-state index is -0.474. The van der Waals surface area contributed by atoms with Crippen LogP contribution in [0.25, 0.3) is 0 Å². The summed E-state index contributed by atoms with van der Waals surface area (Å²) in [6.07, 6.45) is 0. The average Bonchev–Trinajstić information content (AvgIpc) is 3.16. The second kappa shape index (κ2) is 9.48. The fourth-order valence-electron chi connectivity index (χ4n) is 2.27. The molecule has 3 aromatic rings. The fraction of sp³-hybridized carbons (Fsp3) is 0.158. The normalized spacial score (nSPS) is 10.2. The summed E-state index contributed by atoms with van der Waals surface area (Å²) in [5.41, 5.74) is 2.27. The van der Waals surface area contributed by atoms with Crippen LogP contribution in [0.5, 0.6) is 0 Å². The number of hydrogen-bond donors (Lipinski definition) is 1. The number of carbonyl (C=O) groups excluding carboxylic acids is 2. The van der Waals surface area contributed by atoms with Gasteiger partial charge in [0.2, 0.25) is 11.1 Å². The summed E-state index contributed by atoms with van der Waals surface area (Å²) in [6, 6.07) is 15.3. The van der Waals surface area contributed by atoms with Crippen LogP contribution in [0.4, 0.5) is 5.69 Å². The van der Waals surface area contributed by atoms with Crippen molar-refractivity contribution >= 4 is 29.3 Å². The molecule has 10 heteroatoms. The first-order chi connectivity index (χ1) is 14.0. The molecule has 9 nitrogen and oxygen atoms in total. The number of aryl methyl sites for hydroxylation is 1. The van der Waals surface area contributed by atoms with E-state index in [2.05, 4.69) is 20.8 Å². The van der Waals surface area contributed by atoms with E-state index < -0.39 is 5.97 Å². The number of nitrogens with one attached hydrogen (secondary N) is 1. The average molecular weight is 408 g/mol. The molecule has 0 aliphatic rings.